The fourth-order valence-electron chi connectivity index (χ4n) is 3.70. The van der Waals surface area contributed by atoms with Gasteiger partial charge in [0.2, 0.25) is 5.91 Å². The van der Waals surface area contributed by atoms with Crippen molar-refractivity contribution in [3.63, 3.8) is 0 Å². The molecule has 1 unspecified atom stereocenters. The van der Waals surface area contributed by atoms with Crippen molar-refractivity contribution in [3.8, 4) is 11.5 Å². The van der Waals surface area contributed by atoms with Gasteiger partial charge in [-0.1, -0.05) is 42.5 Å². The minimum Gasteiger partial charge on any atom is -0.494 e. The second-order valence-electron chi connectivity index (χ2n) is 7.27. The van der Waals surface area contributed by atoms with Crippen LogP contribution in [-0.4, -0.2) is 18.6 Å². The molecule has 4 nitrogen and oxygen atoms in total. The molecule has 0 radical (unpaired) electrons. The maximum Gasteiger partial charge on any atom is 0.224 e. The van der Waals surface area contributed by atoms with Crippen LogP contribution in [0.5, 0.6) is 11.5 Å². The number of fused-ring (bicyclic) bond motifs is 2. The van der Waals surface area contributed by atoms with Gasteiger partial charge in [0.1, 0.15) is 17.6 Å². The van der Waals surface area contributed by atoms with Crippen molar-refractivity contribution in [2.45, 2.75) is 39.3 Å². The third-order valence-electron chi connectivity index (χ3n) is 5.03. The number of hydrogen-bond acceptors (Lipinski definition) is 3. The summed E-state index contributed by atoms with van der Waals surface area (Å²) in [5.74, 6) is 1.72. The Morgan fingerprint density at radius 1 is 1.14 bits per heavy atom. The number of rotatable bonds is 6. The number of benzene rings is 3. The van der Waals surface area contributed by atoms with Crippen LogP contribution >= 0.6 is 0 Å². The Hall–Kier alpha value is -3.01. The van der Waals surface area contributed by atoms with Crippen molar-refractivity contribution in [1.29, 1.82) is 0 Å². The van der Waals surface area contributed by atoms with E-state index in [1.807, 2.05) is 37.3 Å². The molecule has 1 heterocycles. The largest absolute Gasteiger partial charge is 0.494 e. The summed E-state index contributed by atoms with van der Waals surface area (Å²) in [6.07, 6.45) is 1.43. The van der Waals surface area contributed by atoms with Crippen molar-refractivity contribution in [2.75, 3.05) is 6.61 Å². The molecule has 0 spiro atoms. The highest BCUT2D eigenvalue weighted by molar-refractivity contribution is 5.85. The summed E-state index contributed by atoms with van der Waals surface area (Å²) in [5.41, 5.74) is 3.12. The van der Waals surface area contributed by atoms with Crippen LogP contribution in [0, 0.1) is 0 Å². The van der Waals surface area contributed by atoms with E-state index in [1.54, 1.807) is 0 Å². The van der Waals surface area contributed by atoms with Gasteiger partial charge in [-0.15, -0.1) is 0 Å². The van der Waals surface area contributed by atoms with Gasteiger partial charge < -0.3 is 14.8 Å². The van der Waals surface area contributed by atoms with Crippen LogP contribution in [0.1, 0.15) is 30.5 Å². The number of hydrogen-bond donors (Lipinski definition) is 1. The Morgan fingerprint density at radius 2 is 1.96 bits per heavy atom. The highest BCUT2D eigenvalue weighted by atomic mass is 16.5. The van der Waals surface area contributed by atoms with Gasteiger partial charge in [-0.2, -0.15) is 0 Å². The summed E-state index contributed by atoms with van der Waals surface area (Å²) in [6.45, 7) is 5.04. The first-order chi connectivity index (χ1) is 13.6. The van der Waals surface area contributed by atoms with Crippen LogP contribution in [0.15, 0.2) is 54.6 Å². The molecule has 3 aromatic rings. The molecule has 1 atom stereocenters. The average molecular weight is 375 g/mol. The molecular weight excluding hydrogens is 350 g/mol. The first-order valence-corrected chi connectivity index (χ1v) is 9.82. The van der Waals surface area contributed by atoms with E-state index in [2.05, 4.69) is 36.5 Å². The summed E-state index contributed by atoms with van der Waals surface area (Å²) < 4.78 is 11.6. The number of carbonyl (C=O) groups is 1. The fraction of sp³-hybridized carbons (Fsp3) is 0.292. The van der Waals surface area contributed by atoms with Crippen LogP contribution in [0.3, 0.4) is 0 Å². The molecule has 144 valence electrons. The van der Waals surface area contributed by atoms with Gasteiger partial charge in [-0.3, -0.25) is 4.79 Å². The van der Waals surface area contributed by atoms with Crippen molar-refractivity contribution in [2.24, 2.45) is 0 Å². The Kier molecular flexibility index (Phi) is 5.20. The summed E-state index contributed by atoms with van der Waals surface area (Å²) in [5, 5.41) is 5.35. The van der Waals surface area contributed by atoms with E-state index in [-0.39, 0.29) is 12.0 Å². The van der Waals surface area contributed by atoms with Gasteiger partial charge in [0.25, 0.3) is 0 Å². The van der Waals surface area contributed by atoms with E-state index in [0.717, 1.165) is 34.4 Å². The normalized spacial score (nSPS) is 15.1. The second-order valence-corrected chi connectivity index (χ2v) is 7.27. The SMILES string of the molecule is CCOc1cc2c(cc1CNC(=O)Cc1ccc3ccccc3c1)OC(C)C2. The monoisotopic (exact) mass is 375 g/mol. The Labute approximate surface area is 165 Å². The third-order valence-corrected chi connectivity index (χ3v) is 5.03. The molecule has 0 saturated heterocycles. The van der Waals surface area contributed by atoms with E-state index in [4.69, 9.17) is 9.47 Å². The van der Waals surface area contributed by atoms with Crippen LogP contribution in [0.4, 0.5) is 0 Å². The molecule has 1 aliphatic rings. The van der Waals surface area contributed by atoms with Crippen LogP contribution in [-0.2, 0) is 24.2 Å². The minimum absolute atomic E-state index is 0.00693. The number of carbonyl (C=O) groups excluding carboxylic acids is 1. The zero-order valence-electron chi connectivity index (χ0n) is 16.3. The average Bonchev–Trinajstić information content (AvgIpc) is 3.05. The topological polar surface area (TPSA) is 47.6 Å². The van der Waals surface area contributed by atoms with E-state index < -0.39 is 0 Å². The molecule has 4 heteroatoms. The summed E-state index contributed by atoms with van der Waals surface area (Å²) in [6, 6.07) is 18.4. The predicted octanol–water partition coefficient (Wildman–Crippen LogP) is 4.42. The number of amides is 1. The first kappa shape index (κ1) is 18.4. The number of ether oxygens (including phenoxy) is 2. The number of nitrogens with one attached hydrogen (secondary N) is 1. The molecule has 28 heavy (non-hydrogen) atoms. The van der Waals surface area contributed by atoms with Gasteiger partial charge in [0.05, 0.1) is 13.0 Å². The molecule has 1 N–H and O–H groups in total. The highest BCUT2D eigenvalue weighted by Crippen LogP contribution is 2.35. The maximum absolute atomic E-state index is 12.5. The fourth-order valence-corrected chi connectivity index (χ4v) is 3.70. The van der Waals surface area contributed by atoms with Gasteiger partial charge in [0, 0.05) is 24.1 Å². The van der Waals surface area contributed by atoms with Crippen molar-refractivity contribution in [1.82, 2.24) is 5.32 Å². The first-order valence-electron chi connectivity index (χ1n) is 9.82. The molecule has 0 aromatic heterocycles. The zero-order chi connectivity index (χ0) is 19.5. The minimum atomic E-state index is -0.00693. The third kappa shape index (κ3) is 3.96. The van der Waals surface area contributed by atoms with Crippen molar-refractivity contribution < 1.29 is 14.3 Å². The summed E-state index contributed by atoms with van der Waals surface area (Å²) in [7, 11) is 0. The molecule has 3 aromatic carbocycles. The quantitative estimate of drug-likeness (QED) is 0.694. The molecular formula is C24H25NO3. The van der Waals surface area contributed by atoms with Crippen molar-refractivity contribution >= 4 is 16.7 Å². The Morgan fingerprint density at radius 3 is 2.79 bits per heavy atom. The maximum atomic E-state index is 12.5. The lowest BCUT2D eigenvalue weighted by Crippen LogP contribution is -2.24. The molecule has 4 rings (SSSR count). The summed E-state index contributed by atoms with van der Waals surface area (Å²) in [4.78, 5) is 12.5. The molecule has 0 bridgehead atoms. The van der Waals surface area contributed by atoms with E-state index in [1.165, 1.54) is 10.9 Å². The zero-order valence-corrected chi connectivity index (χ0v) is 16.3. The van der Waals surface area contributed by atoms with Crippen LogP contribution < -0.4 is 14.8 Å². The standard InChI is InChI=1S/C24H25NO3/c1-3-27-22-13-20-10-16(2)28-23(20)14-21(22)15-25-24(26)12-17-8-9-18-6-4-5-7-19(18)11-17/h4-9,11,13-14,16H,3,10,12,15H2,1-2H3,(H,25,26). The van der Waals surface area contributed by atoms with E-state index >= 15 is 0 Å². The van der Waals surface area contributed by atoms with Gasteiger partial charge in [0.15, 0.2) is 0 Å². The predicted molar refractivity (Wildman–Crippen MR) is 111 cm³/mol. The van der Waals surface area contributed by atoms with Gasteiger partial charge in [-0.25, -0.2) is 0 Å². The lowest BCUT2D eigenvalue weighted by Gasteiger charge is -2.13. The lowest BCUT2D eigenvalue weighted by atomic mass is 10.0. The Balaban J connectivity index is 1.44. The molecule has 0 saturated carbocycles. The molecule has 0 fully saturated rings. The summed E-state index contributed by atoms with van der Waals surface area (Å²) >= 11 is 0. The lowest BCUT2D eigenvalue weighted by molar-refractivity contribution is -0.120. The van der Waals surface area contributed by atoms with E-state index in [9.17, 15) is 4.79 Å². The molecule has 0 aliphatic carbocycles. The van der Waals surface area contributed by atoms with E-state index in [0.29, 0.717) is 19.6 Å². The van der Waals surface area contributed by atoms with Crippen molar-refractivity contribution in [3.05, 3.63) is 71.3 Å². The second kappa shape index (κ2) is 7.93. The van der Waals surface area contributed by atoms with Crippen LogP contribution in [0.25, 0.3) is 10.8 Å². The van der Waals surface area contributed by atoms with Gasteiger partial charge >= 0.3 is 0 Å². The Bertz CT molecular complexity index is 1010. The highest BCUT2D eigenvalue weighted by Gasteiger charge is 2.22. The smallest absolute Gasteiger partial charge is 0.224 e. The molecule has 1 amide bonds. The molecule has 1 aliphatic heterocycles. The van der Waals surface area contributed by atoms with Gasteiger partial charge in [-0.05, 0) is 42.3 Å². The van der Waals surface area contributed by atoms with Crippen LogP contribution in [0.2, 0.25) is 0 Å².